The molecule has 100 valence electrons. The molecule has 0 heterocycles. The van der Waals surface area contributed by atoms with Crippen LogP contribution in [0.4, 0.5) is 4.39 Å². The van der Waals surface area contributed by atoms with Gasteiger partial charge in [0.2, 0.25) is 0 Å². The summed E-state index contributed by atoms with van der Waals surface area (Å²) < 4.78 is 13.3. The van der Waals surface area contributed by atoms with E-state index in [9.17, 15) is 9.18 Å². The van der Waals surface area contributed by atoms with Crippen LogP contribution in [0, 0.1) is 23.1 Å². The number of benzene rings is 1. The third-order valence-electron chi connectivity index (χ3n) is 3.37. The van der Waals surface area contributed by atoms with E-state index < -0.39 is 5.82 Å². The Morgan fingerprint density at radius 1 is 1.58 bits per heavy atom. The maximum absolute atomic E-state index is 13.3. The number of hydrogen-bond acceptors (Lipinski definition) is 2. The number of carbonyl (C=O) groups is 1. The predicted molar refractivity (Wildman–Crippen MR) is 72.0 cm³/mol. The van der Waals surface area contributed by atoms with E-state index in [-0.39, 0.29) is 29.5 Å². The van der Waals surface area contributed by atoms with Crippen LogP contribution in [0.25, 0.3) is 0 Å². The van der Waals surface area contributed by atoms with Crippen molar-refractivity contribution < 1.29 is 9.18 Å². The van der Waals surface area contributed by atoms with Crippen molar-refractivity contribution >= 4 is 5.91 Å². The van der Waals surface area contributed by atoms with Crippen LogP contribution in [0.2, 0.25) is 0 Å². The molecule has 1 fully saturated rings. The summed E-state index contributed by atoms with van der Waals surface area (Å²) in [7, 11) is 0. The molecule has 1 aromatic rings. The molecular weight excluding hydrogens is 243 g/mol. The zero-order valence-electron chi connectivity index (χ0n) is 11.1. The van der Waals surface area contributed by atoms with Gasteiger partial charge in [0.25, 0.3) is 5.91 Å². The first-order valence-corrected chi connectivity index (χ1v) is 6.23. The van der Waals surface area contributed by atoms with Gasteiger partial charge in [-0.05, 0) is 30.0 Å². The molecule has 0 spiro atoms. The van der Waals surface area contributed by atoms with E-state index in [1.54, 1.807) is 0 Å². The number of hydrogen-bond donors (Lipinski definition) is 2. The van der Waals surface area contributed by atoms with Gasteiger partial charge in [-0.3, -0.25) is 4.79 Å². The second kappa shape index (κ2) is 5.02. The van der Waals surface area contributed by atoms with Crippen molar-refractivity contribution in [2.75, 3.05) is 6.54 Å². The van der Waals surface area contributed by atoms with Gasteiger partial charge < -0.3 is 11.1 Å². The smallest absolute Gasteiger partial charge is 0.252 e. The summed E-state index contributed by atoms with van der Waals surface area (Å²) in [4.78, 5) is 12.1. The minimum absolute atomic E-state index is 0.131. The van der Waals surface area contributed by atoms with Gasteiger partial charge in [0.1, 0.15) is 5.82 Å². The topological polar surface area (TPSA) is 55.1 Å². The fourth-order valence-electron chi connectivity index (χ4n) is 1.91. The Labute approximate surface area is 112 Å². The lowest BCUT2D eigenvalue weighted by molar-refractivity contribution is 0.0945. The minimum atomic E-state index is -0.446. The second-order valence-corrected chi connectivity index (χ2v) is 5.41. The summed E-state index contributed by atoms with van der Waals surface area (Å²) in [6, 6.07) is 4.16. The average Bonchev–Trinajstić information content (AvgIpc) is 2.94. The lowest BCUT2D eigenvalue weighted by Gasteiger charge is -2.08. The molecule has 0 aromatic heterocycles. The number of nitrogens with two attached hydrogens (primary N) is 1. The molecule has 1 amide bonds. The molecule has 1 aromatic carbocycles. The highest BCUT2D eigenvalue weighted by molar-refractivity contribution is 5.97. The van der Waals surface area contributed by atoms with Gasteiger partial charge in [0.15, 0.2) is 0 Å². The standard InChI is InChI=1S/C15H17FN2O/c1-15(2)9-13(15)18-14(19)12-8-11(16)6-5-10(12)4-3-7-17/h5-6,8,13H,7,9,17H2,1-2H3,(H,18,19). The van der Waals surface area contributed by atoms with Crippen LogP contribution in [-0.2, 0) is 0 Å². The van der Waals surface area contributed by atoms with Crippen LogP contribution in [-0.4, -0.2) is 18.5 Å². The van der Waals surface area contributed by atoms with Crippen molar-refractivity contribution in [1.82, 2.24) is 5.32 Å². The first-order valence-electron chi connectivity index (χ1n) is 6.23. The Balaban J connectivity index is 2.22. The zero-order valence-corrected chi connectivity index (χ0v) is 11.1. The number of rotatable bonds is 2. The number of carbonyl (C=O) groups excluding carboxylic acids is 1. The van der Waals surface area contributed by atoms with Gasteiger partial charge >= 0.3 is 0 Å². The van der Waals surface area contributed by atoms with Crippen LogP contribution in [0.5, 0.6) is 0 Å². The lowest BCUT2D eigenvalue weighted by atomic mass is 10.1. The fraction of sp³-hybridized carbons (Fsp3) is 0.400. The molecule has 0 aliphatic heterocycles. The van der Waals surface area contributed by atoms with E-state index in [1.807, 2.05) is 0 Å². The summed E-state index contributed by atoms with van der Waals surface area (Å²) in [6.07, 6.45) is 0.942. The van der Waals surface area contributed by atoms with Crippen molar-refractivity contribution in [3.63, 3.8) is 0 Å². The molecule has 1 unspecified atom stereocenters. The highest BCUT2D eigenvalue weighted by atomic mass is 19.1. The molecule has 1 aliphatic carbocycles. The number of amides is 1. The van der Waals surface area contributed by atoms with Crippen molar-refractivity contribution in [1.29, 1.82) is 0 Å². The normalized spacial score (nSPS) is 19.3. The van der Waals surface area contributed by atoms with Crippen molar-refractivity contribution in [3.05, 3.63) is 35.1 Å². The second-order valence-electron chi connectivity index (χ2n) is 5.41. The summed E-state index contributed by atoms with van der Waals surface area (Å²) >= 11 is 0. The molecule has 1 saturated carbocycles. The third-order valence-corrected chi connectivity index (χ3v) is 3.37. The Morgan fingerprint density at radius 2 is 2.26 bits per heavy atom. The van der Waals surface area contributed by atoms with Gasteiger partial charge in [0.05, 0.1) is 12.1 Å². The lowest BCUT2D eigenvalue weighted by Crippen LogP contribution is -2.29. The Hall–Kier alpha value is -1.86. The monoisotopic (exact) mass is 260 g/mol. The summed E-state index contributed by atoms with van der Waals surface area (Å²) in [5.74, 6) is 4.75. The molecule has 0 saturated heterocycles. The van der Waals surface area contributed by atoms with Crippen LogP contribution < -0.4 is 11.1 Å². The molecule has 19 heavy (non-hydrogen) atoms. The highest BCUT2D eigenvalue weighted by Gasteiger charge is 2.46. The van der Waals surface area contributed by atoms with Gasteiger partial charge in [-0.15, -0.1) is 0 Å². The molecule has 3 N–H and O–H groups in total. The SMILES string of the molecule is CC1(C)CC1NC(=O)c1cc(F)ccc1C#CCN. The predicted octanol–water partition coefficient (Wildman–Crippen LogP) is 1.66. The molecule has 0 radical (unpaired) electrons. The van der Waals surface area contributed by atoms with Crippen molar-refractivity contribution in [3.8, 4) is 11.8 Å². The van der Waals surface area contributed by atoms with Crippen LogP contribution in [0.1, 0.15) is 36.2 Å². The van der Waals surface area contributed by atoms with Crippen molar-refractivity contribution in [2.45, 2.75) is 26.3 Å². The maximum Gasteiger partial charge on any atom is 0.252 e. The van der Waals surface area contributed by atoms with E-state index >= 15 is 0 Å². The average molecular weight is 260 g/mol. The van der Waals surface area contributed by atoms with E-state index in [1.165, 1.54) is 18.2 Å². The number of halogens is 1. The first kappa shape index (κ1) is 13.6. The molecule has 3 nitrogen and oxygen atoms in total. The van der Waals surface area contributed by atoms with Gasteiger partial charge in [-0.25, -0.2) is 4.39 Å². The first-order chi connectivity index (χ1) is 8.94. The van der Waals surface area contributed by atoms with E-state index in [0.717, 1.165) is 6.42 Å². The molecule has 1 atom stereocenters. The highest BCUT2D eigenvalue weighted by Crippen LogP contribution is 2.44. The molecule has 2 rings (SSSR count). The quantitative estimate of drug-likeness (QED) is 0.795. The van der Waals surface area contributed by atoms with Crippen LogP contribution >= 0.6 is 0 Å². The molecule has 0 bridgehead atoms. The largest absolute Gasteiger partial charge is 0.349 e. The molecule has 1 aliphatic rings. The van der Waals surface area contributed by atoms with E-state index in [0.29, 0.717) is 5.56 Å². The van der Waals surface area contributed by atoms with Crippen molar-refractivity contribution in [2.24, 2.45) is 11.1 Å². The third kappa shape index (κ3) is 3.12. The van der Waals surface area contributed by atoms with Gasteiger partial charge in [0, 0.05) is 11.6 Å². The minimum Gasteiger partial charge on any atom is -0.349 e. The Kier molecular flexibility index (Phi) is 3.59. The summed E-state index contributed by atoms with van der Waals surface area (Å²) in [6.45, 7) is 4.37. The Morgan fingerprint density at radius 3 is 2.84 bits per heavy atom. The molecule has 4 heteroatoms. The Bertz CT molecular complexity index is 569. The summed E-state index contributed by atoms with van der Waals surface area (Å²) in [5, 5.41) is 2.90. The van der Waals surface area contributed by atoms with Gasteiger partial charge in [-0.1, -0.05) is 25.7 Å². The summed E-state index contributed by atoms with van der Waals surface area (Å²) in [5.41, 5.74) is 6.21. The maximum atomic E-state index is 13.3. The number of nitrogens with one attached hydrogen (secondary N) is 1. The van der Waals surface area contributed by atoms with E-state index in [4.69, 9.17) is 5.73 Å². The van der Waals surface area contributed by atoms with Crippen LogP contribution in [0.3, 0.4) is 0 Å². The zero-order chi connectivity index (χ0) is 14.0. The van der Waals surface area contributed by atoms with Crippen LogP contribution in [0.15, 0.2) is 18.2 Å². The van der Waals surface area contributed by atoms with Gasteiger partial charge in [-0.2, -0.15) is 0 Å². The molecular formula is C15H17FN2O. The fourth-order valence-corrected chi connectivity index (χ4v) is 1.91. The van der Waals surface area contributed by atoms with E-state index in [2.05, 4.69) is 31.0 Å².